The van der Waals surface area contributed by atoms with Crippen molar-refractivity contribution in [3.8, 4) is 11.5 Å². The van der Waals surface area contributed by atoms with Gasteiger partial charge in [-0.15, -0.1) is 0 Å². The van der Waals surface area contributed by atoms with E-state index in [2.05, 4.69) is 10.3 Å². The van der Waals surface area contributed by atoms with E-state index in [0.29, 0.717) is 34.7 Å². The van der Waals surface area contributed by atoms with Crippen LogP contribution in [0.15, 0.2) is 65.4 Å². The average Bonchev–Trinajstić information content (AvgIpc) is 3.44. The Kier molecular flexibility index (Phi) is 8.57. The van der Waals surface area contributed by atoms with Gasteiger partial charge in [-0.05, 0) is 42.9 Å². The third kappa shape index (κ3) is 6.04. The topological polar surface area (TPSA) is 92.4 Å². The van der Waals surface area contributed by atoms with Gasteiger partial charge < -0.3 is 14.8 Å². The van der Waals surface area contributed by atoms with Crippen molar-refractivity contribution >= 4 is 11.9 Å². The third-order valence-electron chi connectivity index (χ3n) is 7.52. The first-order valence-electron chi connectivity index (χ1n) is 13.1. The Morgan fingerprint density at radius 3 is 2.53 bits per heavy atom. The van der Waals surface area contributed by atoms with Gasteiger partial charge in [-0.3, -0.25) is 9.59 Å². The highest BCUT2D eigenvalue weighted by atomic mass is 16.4. The molecule has 0 spiro atoms. The van der Waals surface area contributed by atoms with Gasteiger partial charge in [0, 0.05) is 6.54 Å². The largest absolute Gasteiger partial charge is 0.481 e. The van der Waals surface area contributed by atoms with Crippen molar-refractivity contribution in [2.75, 3.05) is 6.54 Å². The number of hydrogen-bond donors (Lipinski definition) is 2. The van der Waals surface area contributed by atoms with Crippen molar-refractivity contribution in [2.24, 2.45) is 5.92 Å². The summed E-state index contributed by atoms with van der Waals surface area (Å²) in [4.78, 5) is 30.0. The lowest BCUT2D eigenvalue weighted by atomic mass is 9.76. The Morgan fingerprint density at radius 2 is 1.83 bits per heavy atom. The van der Waals surface area contributed by atoms with Crippen LogP contribution >= 0.6 is 0 Å². The minimum Gasteiger partial charge on any atom is -0.481 e. The summed E-state index contributed by atoms with van der Waals surface area (Å²) >= 11 is 0. The highest BCUT2D eigenvalue weighted by molar-refractivity contribution is 6.00. The first-order chi connectivity index (χ1) is 17.5. The van der Waals surface area contributed by atoms with Crippen LogP contribution in [0.4, 0.5) is 0 Å². The second-order valence-corrected chi connectivity index (χ2v) is 10.1. The fourth-order valence-corrected chi connectivity index (χ4v) is 5.36. The molecule has 4 rings (SSSR count). The number of hydrogen-bond acceptors (Lipinski definition) is 4. The molecule has 0 saturated heterocycles. The molecule has 1 aliphatic carbocycles. The molecule has 190 valence electrons. The summed E-state index contributed by atoms with van der Waals surface area (Å²) in [5, 5.41) is 13.2. The zero-order valence-corrected chi connectivity index (χ0v) is 21.0. The second kappa shape index (κ2) is 12.0. The highest BCUT2D eigenvalue weighted by Gasteiger charge is 2.37. The molecule has 2 N–H and O–H groups in total. The van der Waals surface area contributed by atoms with Crippen molar-refractivity contribution in [1.82, 2.24) is 10.3 Å². The molecule has 6 nitrogen and oxygen atoms in total. The number of carbonyl (C=O) groups is 2. The minimum atomic E-state index is -1.18. The number of amides is 1. The van der Waals surface area contributed by atoms with Crippen molar-refractivity contribution < 1.29 is 19.1 Å². The number of aliphatic carboxylic acids is 1. The van der Waals surface area contributed by atoms with Crippen LogP contribution in [0.25, 0.3) is 11.5 Å². The summed E-state index contributed by atoms with van der Waals surface area (Å²) in [7, 11) is 0. The van der Waals surface area contributed by atoms with E-state index in [4.69, 9.17) is 4.42 Å². The lowest BCUT2D eigenvalue weighted by Gasteiger charge is -2.27. The molecule has 1 fully saturated rings. The van der Waals surface area contributed by atoms with E-state index < -0.39 is 11.4 Å². The SMILES string of the molecule is CC(Cc1cccc(C(=O)NCCCCC2CCCCC2)c1-c1ncco1)(C(=O)O)c1ccccc1. The van der Waals surface area contributed by atoms with Gasteiger partial charge >= 0.3 is 5.97 Å². The summed E-state index contributed by atoms with van der Waals surface area (Å²) < 4.78 is 5.60. The number of benzene rings is 2. The molecule has 1 saturated carbocycles. The Labute approximate surface area is 213 Å². The van der Waals surface area contributed by atoms with Gasteiger partial charge in [0.1, 0.15) is 6.26 Å². The van der Waals surface area contributed by atoms with E-state index in [1.54, 1.807) is 19.1 Å². The van der Waals surface area contributed by atoms with Crippen LogP contribution in [0.5, 0.6) is 0 Å². The molecule has 0 bridgehead atoms. The van der Waals surface area contributed by atoms with E-state index in [1.165, 1.54) is 51.0 Å². The first-order valence-corrected chi connectivity index (χ1v) is 13.1. The number of unbranched alkanes of at least 4 members (excludes halogenated alkanes) is 1. The number of carboxylic acids is 1. The van der Waals surface area contributed by atoms with Gasteiger partial charge in [-0.1, -0.05) is 87.4 Å². The van der Waals surface area contributed by atoms with E-state index in [-0.39, 0.29) is 12.3 Å². The fraction of sp³-hybridized carbons (Fsp3) is 0.433. The lowest BCUT2D eigenvalue weighted by molar-refractivity contribution is -0.143. The van der Waals surface area contributed by atoms with Crippen LogP contribution in [-0.2, 0) is 16.6 Å². The number of carbonyl (C=O) groups excluding carboxylic acids is 1. The van der Waals surface area contributed by atoms with Crippen LogP contribution in [0, 0.1) is 5.92 Å². The minimum absolute atomic E-state index is 0.187. The van der Waals surface area contributed by atoms with Crippen LogP contribution in [0.3, 0.4) is 0 Å². The third-order valence-corrected chi connectivity index (χ3v) is 7.52. The van der Waals surface area contributed by atoms with Gasteiger partial charge in [-0.25, -0.2) is 4.98 Å². The molecule has 1 atom stereocenters. The Hall–Kier alpha value is -3.41. The highest BCUT2D eigenvalue weighted by Crippen LogP contribution is 2.35. The number of aromatic nitrogens is 1. The number of oxazole rings is 1. The predicted molar refractivity (Wildman–Crippen MR) is 140 cm³/mol. The molecule has 1 amide bonds. The number of rotatable bonds is 11. The van der Waals surface area contributed by atoms with Gasteiger partial charge in [0.25, 0.3) is 5.91 Å². The van der Waals surface area contributed by atoms with Gasteiger partial charge in [0.05, 0.1) is 22.7 Å². The lowest BCUT2D eigenvalue weighted by Crippen LogP contribution is -2.35. The summed E-state index contributed by atoms with van der Waals surface area (Å²) in [5.41, 5.74) is 1.21. The maximum absolute atomic E-state index is 13.3. The van der Waals surface area contributed by atoms with E-state index >= 15 is 0 Å². The van der Waals surface area contributed by atoms with Gasteiger partial charge in [-0.2, -0.15) is 0 Å². The monoisotopic (exact) mass is 488 g/mol. The van der Waals surface area contributed by atoms with Crippen molar-refractivity contribution in [3.05, 3.63) is 77.7 Å². The van der Waals surface area contributed by atoms with Crippen molar-refractivity contribution in [3.63, 3.8) is 0 Å². The molecular formula is C30H36N2O4. The summed E-state index contributed by atoms with van der Waals surface area (Å²) in [6.45, 7) is 2.32. The standard InChI is InChI=1S/C30H36N2O4/c1-30(29(34)35,24-15-6-3-7-16-24)21-23-14-10-17-25(26(23)28-32-19-20-36-28)27(33)31-18-9-8-13-22-11-4-2-5-12-22/h3,6-7,10,14-17,19-20,22H,2,4-5,8-9,11-13,18,21H2,1H3,(H,31,33)(H,34,35). The van der Waals surface area contributed by atoms with Crippen LogP contribution in [0.2, 0.25) is 0 Å². The maximum atomic E-state index is 13.3. The molecule has 3 aromatic rings. The Morgan fingerprint density at radius 1 is 1.06 bits per heavy atom. The fourth-order valence-electron chi connectivity index (χ4n) is 5.36. The quantitative estimate of drug-likeness (QED) is 0.304. The average molecular weight is 489 g/mol. The molecule has 1 unspecified atom stereocenters. The molecule has 1 aromatic heterocycles. The van der Waals surface area contributed by atoms with Gasteiger partial charge in [0.2, 0.25) is 5.89 Å². The zero-order chi connectivity index (χ0) is 25.4. The van der Waals surface area contributed by atoms with Crippen LogP contribution in [-0.4, -0.2) is 28.5 Å². The molecule has 1 heterocycles. The predicted octanol–water partition coefficient (Wildman–Crippen LogP) is 6.41. The maximum Gasteiger partial charge on any atom is 0.314 e. The van der Waals surface area contributed by atoms with E-state index in [9.17, 15) is 14.7 Å². The summed E-state index contributed by atoms with van der Waals surface area (Å²) in [5.74, 6) is 0.0316. The van der Waals surface area contributed by atoms with Crippen molar-refractivity contribution in [1.29, 1.82) is 0 Å². The molecule has 36 heavy (non-hydrogen) atoms. The summed E-state index contributed by atoms with van der Waals surface area (Å²) in [6, 6.07) is 14.6. The first kappa shape index (κ1) is 25.7. The smallest absolute Gasteiger partial charge is 0.314 e. The molecular weight excluding hydrogens is 452 g/mol. The number of nitrogens with zero attached hydrogens (tertiary/aromatic N) is 1. The Balaban J connectivity index is 1.52. The van der Waals surface area contributed by atoms with Crippen molar-refractivity contribution in [2.45, 2.75) is 70.1 Å². The van der Waals surface area contributed by atoms with E-state index in [1.807, 2.05) is 36.4 Å². The molecule has 1 aliphatic rings. The normalized spacial score (nSPS) is 15.8. The van der Waals surface area contributed by atoms with Crippen LogP contribution in [0.1, 0.15) is 79.8 Å². The zero-order valence-electron chi connectivity index (χ0n) is 21.0. The molecule has 2 aromatic carbocycles. The number of nitrogens with one attached hydrogen (secondary N) is 1. The second-order valence-electron chi connectivity index (χ2n) is 10.1. The summed E-state index contributed by atoms with van der Waals surface area (Å²) in [6.07, 6.45) is 13.3. The van der Waals surface area contributed by atoms with E-state index in [0.717, 1.165) is 18.8 Å². The number of carboxylic acid groups (broad SMARTS) is 1. The Bertz CT molecular complexity index is 1140. The molecule has 0 aliphatic heterocycles. The van der Waals surface area contributed by atoms with Crippen LogP contribution < -0.4 is 5.32 Å². The molecule has 6 heteroatoms. The van der Waals surface area contributed by atoms with Gasteiger partial charge in [0.15, 0.2) is 0 Å². The molecule has 0 radical (unpaired) electrons.